The average molecular weight is 301 g/mol. The van der Waals surface area contributed by atoms with Crippen molar-refractivity contribution in [2.75, 3.05) is 5.32 Å². The summed E-state index contributed by atoms with van der Waals surface area (Å²) in [6.07, 6.45) is -4.74. The lowest BCUT2D eigenvalue weighted by Crippen LogP contribution is -2.40. The van der Waals surface area contributed by atoms with E-state index in [0.717, 1.165) is 12.1 Å². The summed E-state index contributed by atoms with van der Waals surface area (Å²) in [4.78, 5) is 21.9. The van der Waals surface area contributed by atoms with Crippen LogP contribution in [0.25, 0.3) is 0 Å². The number of urea groups is 1. The van der Waals surface area contributed by atoms with Crippen LogP contribution >= 0.6 is 0 Å². The first-order valence-electron chi connectivity index (χ1n) is 5.57. The zero-order valence-electron chi connectivity index (χ0n) is 10.7. The Labute approximate surface area is 117 Å². The summed E-state index contributed by atoms with van der Waals surface area (Å²) in [6.45, 7) is 1.20. The molecule has 21 heavy (non-hydrogen) atoms. The number of nitrogens with one attached hydrogen (secondary N) is 2. The van der Waals surface area contributed by atoms with Crippen LogP contribution in [0.2, 0.25) is 0 Å². The number of carbonyl (C=O) groups excluding carboxylic acids is 1. The second-order valence-electron chi connectivity index (χ2n) is 4.03. The van der Waals surface area contributed by atoms with Gasteiger partial charge in [0.05, 0.1) is 17.2 Å². The predicted molar refractivity (Wildman–Crippen MR) is 65.4 cm³/mol. The molecule has 2 amide bonds. The van der Waals surface area contributed by atoms with Crippen molar-refractivity contribution in [3.8, 4) is 6.07 Å². The lowest BCUT2D eigenvalue weighted by molar-refractivity contribution is -0.139. The molecule has 0 radical (unpaired) electrons. The van der Waals surface area contributed by atoms with E-state index in [9.17, 15) is 22.8 Å². The predicted octanol–water partition coefficient (Wildman–Crippen LogP) is 2.17. The number of carbonyl (C=O) groups is 2. The Balaban J connectivity index is 2.94. The quantitative estimate of drug-likeness (QED) is 0.796. The maximum atomic E-state index is 12.7. The van der Waals surface area contributed by atoms with Crippen LogP contribution in [0.3, 0.4) is 0 Å². The molecule has 0 unspecified atom stereocenters. The van der Waals surface area contributed by atoms with Gasteiger partial charge in [0.15, 0.2) is 0 Å². The van der Waals surface area contributed by atoms with Crippen molar-refractivity contribution in [1.29, 1.82) is 5.26 Å². The molecule has 0 saturated heterocycles. The van der Waals surface area contributed by atoms with E-state index in [-0.39, 0.29) is 5.69 Å². The number of nitrogens with zero attached hydrogens (tertiary/aromatic N) is 1. The Hall–Kier alpha value is -2.76. The molecule has 3 N–H and O–H groups in total. The summed E-state index contributed by atoms with van der Waals surface area (Å²) in [6, 6.07) is 1.86. The average Bonchev–Trinajstić information content (AvgIpc) is 2.37. The highest BCUT2D eigenvalue weighted by molar-refractivity contribution is 5.92. The molecule has 0 fully saturated rings. The smallest absolute Gasteiger partial charge is 0.417 e. The monoisotopic (exact) mass is 301 g/mol. The highest BCUT2D eigenvalue weighted by Crippen LogP contribution is 2.33. The van der Waals surface area contributed by atoms with E-state index in [0.29, 0.717) is 6.07 Å². The molecule has 112 valence electrons. The highest BCUT2D eigenvalue weighted by Gasteiger charge is 2.34. The van der Waals surface area contributed by atoms with E-state index in [1.54, 1.807) is 0 Å². The van der Waals surface area contributed by atoms with Crippen molar-refractivity contribution < 1.29 is 27.9 Å². The zero-order chi connectivity index (χ0) is 16.2. The molecule has 0 bridgehead atoms. The number of amides is 2. The Kier molecular flexibility index (Phi) is 4.75. The van der Waals surface area contributed by atoms with Gasteiger partial charge in [-0.15, -0.1) is 0 Å². The summed E-state index contributed by atoms with van der Waals surface area (Å²) in [5, 5.41) is 21.3. The third-order valence-electron chi connectivity index (χ3n) is 2.42. The summed E-state index contributed by atoms with van der Waals surface area (Å²) in [5.41, 5.74) is -1.97. The van der Waals surface area contributed by atoms with Crippen LogP contribution in [0.4, 0.5) is 23.7 Å². The Morgan fingerprint density at radius 1 is 1.38 bits per heavy atom. The third-order valence-corrected chi connectivity index (χ3v) is 2.42. The molecular weight excluding hydrogens is 291 g/mol. The topological polar surface area (TPSA) is 102 Å². The van der Waals surface area contributed by atoms with Gasteiger partial charge in [-0.25, -0.2) is 4.79 Å². The van der Waals surface area contributed by atoms with Crippen molar-refractivity contribution in [2.45, 2.75) is 19.1 Å². The number of anilines is 1. The Morgan fingerprint density at radius 3 is 2.48 bits per heavy atom. The van der Waals surface area contributed by atoms with Crippen LogP contribution in [-0.2, 0) is 11.0 Å². The maximum absolute atomic E-state index is 12.7. The molecule has 6 nitrogen and oxygen atoms in total. The van der Waals surface area contributed by atoms with Crippen LogP contribution in [0, 0.1) is 11.3 Å². The van der Waals surface area contributed by atoms with Crippen molar-refractivity contribution in [3.63, 3.8) is 0 Å². The van der Waals surface area contributed by atoms with E-state index in [4.69, 9.17) is 10.4 Å². The van der Waals surface area contributed by atoms with Crippen LogP contribution in [-0.4, -0.2) is 23.1 Å². The molecule has 0 aliphatic heterocycles. The normalized spacial score (nSPS) is 12.1. The minimum absolute atomic E-state index is 0.212. The summed E-state index contributed by atoms with van der Waals surface area (Å²) >= 11 is 0. The van der Waals surface area contributed by atoms with Crippen LogP contribution in [0.15, 0.2) is 18.2 Å². The zero-order valence-corrected chi connectivity index (χ0v) is 10.7. The van der Waals surface area contributed by atoms with Gasteiger partial charge in [0.25, 0.3) is 0 Å². The fourth-order valence-corrected chi connectivity index (χ4v) is 1.38. The lowest BCUT2D eigenvalue weighted by Gasteiger charge is -2.13. The number of nitriles is 1. The van der Waals surface area contributed by atoms with Crippen molar-refractivity contribution in [3.05, 3.63) is 29.3 Å². The second-order valence-corrected chi connectivity index (χ2v) is 4.03. The highest BCUT2D eigenvalue weighted by atomic mass is 19.4. The van der Waals surface area contributed by atoms with E-state index < -0.39 is 35.3 Å². The van der Waals surface area contributed by atoms with Gasteiger partial charge in [0.1, 0.15) is 6.04 Å². The molecule has 0 saturated carbocycles. The van der Waals surface area contributed by atoms with Gasteiger partial charge in [-0.3, -0.25) is 4.79 Å². The fourth-order valence-electron chi connectivity index (χ4n) is 1.38. The van der Waals surface area contributed by atoms with E-state index in [2.05, 4.69) is 5.32 Å². The number of benzene rings is 1. The fraction of sp³-hybridized carbons (Fsp3) is 0.250. The van der Waals surface area contributed by atoms with Gasteiger partial charge < -0.3 is 15.7 Å². The Morgan fingerprint density at radius 2 is 2.00 bits per heavy atom. The first kappa shape index (κ1) is 16.3. The number of halogens is 3. The summed E-state index contributed by atoms with van der Waals surface area (Å²) in [5.74, 6) is -1.29. The standard InChI is InChI=1S/C12H10F3N3O3/c1-6(10(19)20)17-11(21)18-8-3-2-7(5-16)9(4-8)12(13,14)15/h2-4,6H,1H3,(H,19,20)(H2,17,18,21)/t6-/m1/s1. The van der Waals surface area contributed by atoms with E-state index >= 15 is 0 Å². The molecule has 0 spiro atoms. The minimum Gasteiger partial charge on any atom is -0.480 e. The molecule has 0 heterocycles. The van der Waals surface area contributed by atoms with Crippen LogP contribution < -0.4 is 10.6 Å². The van der Waals surface area contributed by atoms with Crippen molar-refractivity contribution >= 4 is 17.7 Å². The third kappa shape index (κ3) is 4.38. The van der Waals surface area contributed by atoms with E-state index in [1.807, 2.05) is 5.32 Å². The van der Waals surface area contributed by atoms with Gasteiger partial charge in [-0.2, -0.15) is 18.4 Å². The lowest BCUT2D eigenvalue weighted by atomic mass is 10.1. The van der Waals surface area contributed by atoms with Crippen LogP contribution in [0.5, 0.6) is 0 Å². The number of carboxylic acids is 1. The SMILES string of the molecule is C[C@@H](NC(=O)Nc1ccc(C#N)c(C(F)(F)F)c1)C(=O)O. The maximum Gasteiger partial charge on any atom is 0.417 e. The summed E-state index contributed by atoms with van der Waals surface area (Å²) in [7, 11) is 0. The molecule has 0 aliphatic rings. The molecule has 1 aromatic carbocycles. The van der Waals surface area contributed by atoms with Gasteiger partial charge in [-0.05, 0) is 25.1 Å². The van der Waals surface area contributed by atoms with Gasteiger partial charge in [0.2, 0.25) is 0 Å². The number of carboxylic acid groups (broad SMARTS) is 1. The molecule has 1 atom stereocenters. The van der Waals surface area contributed by atoms with Gasteiger partial charge >= 0.3 is 18.2 Å². The van der Waals surface area contributed by atoms with Crippen molar-refractivity contribution in [1.82, 2.24) is 5.32 Å². The number of aliphatic carboxylic acids is 1. The first-order valence-corrected chi connectivity index (χ1v) is 5.57. The molecular formula is C12H10F3N3O3. The number of hydrogen-bond acceptors (Lipinski definition) is 3. The molecule has 9 heteroatoms. The minimum atomic E-state index is -4.74. The number of hydrogen-bond donors (Lipinski definition) is 3. The largest absolute Gasteiger partial charge is 0.480 e. The van der Waals surface area contributed by atoms with Crippen LogP contribution in [0.1, 0.15) is 18.1 Å². The molecule has 1 rings (SSSR count). The van der Waals surface area contributed by atoms with E-state index in [1.165, 1.54) is 13.0 Å². The molecule has 0 aromatic heterocycles. The number of alkyl halides is 3. The number of rotatable bonds is 3. The first-order chi connectivity index (χ1) is 9.65. The molecule has 1 aromatic rings. The summed E-state index contributed by atoms with van der Waals surface area (Å²) < 4.78 is 38.1. The van der Waals surface area contributed by atoms with Gasteiger partial charge in [0, 0.05) is 5.69 Å². The second kappa shape index (κ2) is 6.13. The molecule has 0 aliphatic carbocycles. The Bertz CT molecular complexity index is 608. The van der Waals surface area contributed by atoms with Crippen molar-refractivity contribution in [2.24, 2.45) is 0 Å². The van der Waals surface area contributed by atoms with Gasteiger partial charge in [-0.1, -0.05) is 0 Å².